The van der Waals surface area contributed by atoms with Crippen molar-refractivity contribution in [1.29, 1.82) is 0 Å². The number of hydrogen-bond acceptors (Lipinski definition) is 7. The summed E-state index contributed by atoms with van der Waals surface area (Å²) < 4.78 is 43.7. The molecule has 10 heteroatoms. The summed E-state index contributed by atoms with van der Waals surface area (Å²) in [6.07, 6.45) is 0.514. The van der Waals surface area contributed by atoms with Crippen LogP contribution in [0.4, 0.5) is 0 Å². The van der Waals surface area contributed by atoms with Gasteiger partial charge in [0.25, 0.3) is 5.91 Å². The molecule has 1 aromatic rings. The zero-order valence-corrected chi connectivity index (χ0v) is 18.9. The Morgan fingerprint density at radius 3 is 2.42 bits per heavy atom. The monoisotopic (exact) mass is 454 g/mol. The number of esters is 1. The highest BCUT2D eigenvalue weighted by atomic mass is 32.2. The summed E-state index contributed by atoms with van der Waals surface area (Å²) in [5.74, 6) is -0.973. The van der Waals surface area contributed by atoms with E-state index in [1.807, 2.05) is 13.8 Å². The van der Waals surface area contributed by atoms with Crippen LogP contribution in [0.15, 0.2) is 29.2 Å². The normalized spacial score (nSPS) is 25.3. The van der Waals surface area contributed by atoms with Crippen molar-refractivity contribution in [2.45, 2.75) is 62.9 Å². The van der Waals surface area contributed by atoms with Crippen LogP contribution in [0.5, 0.6) is 0 Å². The van der Waals surface area contributed by atoms with Crippen molar-refractivity contribution in [3.63, 3.8) is 0 Å². The smallest absolute Gasteiger partial charge is 0.338 e. The molecule has 1 amide bonds. The van der Waals surface area contributed by atoms with Crippen LogP contribution in [0.1, 0.15) is 44.0 Å². The molecule has 0 aromatic heterocycles. The van der Waals surface area contributed by atoms with E-state index in [0.29, 0.717) is 19.7 Å². The number of sulfonamides is 1. The number of hydrogen-bond donors (Lipinski definition) is 1. The highest BCUT2D eigenvalue weighted by molar-refractivity contribution is 7.89. The van der Waals surface area contributed by atoms with Crippen molar-refractivity contribution in [1.82, 2.24) is 9.62 Å². The minimum atomic E-state index is -3.71. The standard InChI is InChI=1S/C21H30N2O7S/c1-14-12-23(13-15(2)29-14)20(24)16(3)30-21(25)17-6-8-19(9-7-17)31(26,27)22-11-18-5-4-10-28-18/h6-9,14-16,18,22H,4-5,10-13H2,1-3H3. The average Bonchev–Trinajstić information content (AvgIpc) is 3.25. The van der Waals surface area contributed by atoms with Gasteiger partial charge >= 0.3 is 5.97 Å². The fourth-order valence-corrected chi connectivity index (χ4v) is 4.82. The van der Waals surface area contributed by atoms with E-state index < -0.39 is 22.1 Å². The Bertz CT molecular complexity index is 871. The molecule has 2 heterocycles. The van der Waals surface area contributed by atoms with Crippen molar-refractivity contribution in [2.24, 2.45) is 0 Å². The fourth-order valence-electron chi connectivity index (χ4n) is 3.76. The van der Waals surface area contributed by atoms with Gasteiger partial charge in [-0.15, -0.1) is 0 Å². The van der Waals surface area contributed by atoms with Gasteiger partial charge in [0.2, 0.25) is 10.0 Å². The SMILES string of the molecule is CC1CN(C(=O)C(C)OC(=O)c2ccc(S(=O)(=O)NCC3CCCO3)cc2)CC(C)O1. The molecular formula is C21H30N2O7S. The molecule has 1 aromatic carbocycles. The lowest BCUT2D eigenvalue weighted by atomic mass is 10.2. The van der Waals surface area contributed by atoms with E-state index in [9.17, 15) is 18.0 Å². The third kappa shape index (κ3) is 6.25. The number of nitrogens with one attached hydrogen (secondary N) is 1. The molecule has 4 unspecified atom stereocenters. The summed E-state index contributed by atoms with van der Waals surface area (Å²) >= 11 is 0. The van der Waals surface area contributed by atoms with E-state index in [2.05, 4.69) is 4.72 Å². The highest BCUT2D eigenvalue weighted by Gasteiger charge is 2.30. The molecule has 0 spiro atoms. The Labute approximate surface area is 183 Å². The van der Waals surface area contributed by atoms with Gasteiger partial charge in [-0.25, -0.2) is 17.9 Å². The molecule has 4 atom stereocenters. The van der Waals surface area contributed by atoms with Crippen LogP contribution in [0, 0.1) is 0 Å². The molecule has 0 radical (unpaired) electrons. The van der Waals surface area contributed by atoms with Gasteiger partial charge in [-0.1, -0.05) is 0 Å². The number of nitrogens with zero attached hydrogens (tertiary/aromatic N) is 1. The third-order valence-corrected chi connectivity index (χ3v) is 6.73. The summed E-state index contributed by atoms with van der Waals surface area (Å²) in [7, 11) is -3.71. The Balaban J connectivity index is 1.56. The van der Waals surface area contributed by atoms with Gasteiger partial charge in [-0.2, -0.15) is 0 Å². The zero-order valence-electron chi connectivity index (χ0n) is 18.1. The molecule has 172 valence electrons. The number of morpholine rings is 1. The lowest BCUT2D eigenvalue weighted by Crippen LogP contribution is -2.51. The number of rotatable bonds is 7. The Morgan fingerprint density at radius 2 is 1.84 bits per heavy atom. The van der Waals surface area contributed by atoms with Crippen molar-refractivity contribution < 1.29 is 32.2 Å². The second-order valence-electron chi connectivity index (χ2n) is 8.06. The van der Waals surface area contributed by atoms with Crippen LogP contribution in [-0.4, -0.2) is 75.9 Å². The zero-order chi connectivity index (χ0) is 22.6. The third-order valence-electron chi connectivity index (χ3n) is 5.29. The van der Waals surface area contributed by atoms with Crippen molar-refractivity contribution >= 4 is 21.9 Å². The van der Waals surface area contributed by atoms with Crippen LogP contribution >= 0.6 is 0 Å². The molecule has 2 saturated heterocycles. The average molecular weight is 455 g/mol. The maximum Gasteiger partial charge on any atom is 0.338 e. The number of amides is 1. The van der Waals surface area contributed by atoms with Gasteiger partial charge < -0.3 is 19.1 Å². The molecule has 1 N–H and O–H groups in total. The van der Waals surface area contributed by atoms with Gasteiger partial charge in [0.15, 0.2) is 6.10 Å². The quantitative estimate of drug-likeness (QED) is 0.619. The first-order valence-electron chi connectivity index (χ1n) is 10.5. The highest BCUT2D eigenvalue weighted by Crippen LogP contribution is 2.16. The molecule has 0 aliphatic carbocycles. The number of ether oxygens (including phenoxy) is 3. The van der Waals surface area contributed by atoms with Gasteiger partial charge in [-0.05, 0) is 57.9 Å². The van der Waals surface area contributed by atoms with Crippen LogP contribution in [-0.2, 0) is 29.0 Å². The molecule has 3 rings (SSSR count). The molecular weight excluding hydrogens is 424 g/mol. The van der Waals surface area contributed by atoms with Crippen LogP contribution in [0.25, 0.3) is 0 Å². The van der Waals surface area contributed by atoms with Gasteiger partial charge in [0.05, 0.1) is 28.8 Å². The first-order valence-corrected chi connectivity index (χ1v) is 12.0. The number of carbonyl (C=O) groups excluding carboxylic acids is 2. The molecule has 0 bridgehead atoms. The fraction of sp³-hybridized carbons (Fsp3) is 0.619. The van der Waals surface area contributed by atoms with Crippen molar-refractivity contribution in [3.05, 3.63) is 29.8 Å². The topological polar surface area (TPSA) is 111 Å². The van der Waals surface area contributed by atoms with E-state index in [1.54, 1.807) is 4.90 Å². The maximum absolute atomic E-state index is 12.6. The lowest BCUT2D eigenvalue weighted by Gasteiger charge is -2.36. The van der Waals surface area contributed by atoms with E-state index in [-0.39, 0.29) is 41.2 Å². The molecule has 0 saturated carbocycles. The van der Waals surface area contributed by atoms with Crippen LogP contribution < -0.4 is 4.72 Å². The Hall–Kier alpha value is -2.01. The first kappa shape index (κ1) is 23.6. The second kappa shape index (κ2) is 10.1. The van der Waals surface area contributed by atoms with Gasteiger partial charge in [0, 0.05) is 26.2 Å². The maximum atomic E-state index is 12.6. The summed E-state index contributed by atoms with van der Waals surface area (Å²) in [5, 5.41) is 0. The summed E-state index contributed by atoms with van der Waals surface area (Å²) in [6.45, 7) is 7.04. The van der Waals surface area contributed by atoms with E-state index in [0.717, 1.165) is 12.8 Å². The predicted octanol–water partition coefficient (Wildman–Crippen LogP) is 1.33. The van der Waals surface area contributed by atoms with Crippen molar-refractivity contribution in [3.8, 4) is 0 Å². The molecule has 31 heavy (non-hydrogen) atoms. The Kier molecular flexibility index (Phi) is 7.68. The minimum Gasteiger partial charge on any atom is -0.449 e. The predicted molar refractivity (Wildman–Crippen MR) is 112 cm³/mol. The summed E-state index contributed by atoms with van der Waals surface area (Å²) in [6, 6.07) is 5.43. The number of carbonyl (C=O) groups is 2. The summed E-state index contributed by atoms with van der Waals surface area (Å²) in [5.41, 5.74) is 0.168. The van der Waals surface area contributed by atoms with E-state index in [1.165, 1.54) is 31.2 Å². The van der Waals surface area contributed by atoms with Crippen molar-refractivity contribution in [2.75, 3.05) is 26.2 Å². The molecule has 9 nitrogen and oxygen atoms in total. The van der Waals surface area contributed by atoms with Crippen LogP contribution in [0.3, 0.4) is 0 Å². The second-order valence-corrected chi connectivity index (χ2v) is 9.83. The van der Waals surface area contributed by atoms with E-state index >= 15 is 0 Å². The van der Waals surface area contributed by atoms with Gasteiger partial charge in [0.1, 0.15) is 0 Å². The molecule has 2 fully saturated rings. The Morgan fingerprint density at radius 1 is 1.19 bits per heavy atom. The lowest BCUT2D eigenvalue weighted by molar-refractivity contribution is -0.151. The summed E-state index contributed by atoms with van der Waals surface area (Å²) in [4.78, 5) is 26.7. The minimum absolute atomic E-state index is 0.0439. The first-order chi connectivity index (χ1) is 14.7. The van der Waals surface area contributed by atoms with E-state index in [4.69, 9.17) is 14.2 Å². The van der Waals surface area contributed by atoms with Gasteiger partial charge in [-0.3, -0.25) is 4.79 Å². The molecule has 2 aliphatic rings. The van der Waals surface area contributed by atoms with Crippen LogP contribution in [0.2, 0.25) is 0 Å². The number of benzene rings is 1. The largest absolute Gasteiger partial charge is 0.449 e. The molecule has 2 aliphatic heterocycles.